The molecule has 24 heavy (non-hydrogen) atoms. The van der Waals surface area contributed by atoms with Crippen molar-refractivity contribution in [3.63, 3.8) is 0 Å². The summed E-state index contributed by atoms with van der Waals surface area (Å²) in [6.45, 7) is 1.67. The normalized spacial score (nSPS) is 15.5. The molecule has 0 spiro atoms. The standard InChI is InChI=1S/C16H15F3N4O/c17-16(18,19)13-4-2-1-3-12(13)15(24)23-9-7-22(8-10-23)14-11-20-5-6-21-14/h1-6,11H,7-10H2. The molecule has 1 saturated heterocycles. The van der Waals surface area contributed by atoms with E-state index in [2.05, 4.69) is 9.97 Å². The number of anilines is 1. The van der Waals surface area contributed by atoms with Crippen molar-refractivity contribution in [1.29, 1.82) is 0 Å². The summed E-state index contributed by atoms with van der Waals surface area (Å²) < 4.78 is 39.2. The summed E-state index contributed by atoms with van der Waals surface area (Å²) in [6, 6.07) is 4.88. The van der Waals surface area contributed by atoms with Crippen LogP contribution in [-0.4, -0.2) is 47.0 Å². The molecule has 5 nitrogen and oxygen atoms in total. The quantitative estimate of drug-likeness (QED) is 0.845. The van der Waals surface area contributed by atoms with Gasteiger partial charge in [-0.15, -0.1) is 0 Å². The Hall–Kier alpha value is -2.64. The molecule has 0 radical (unpaired) electrons. The van der Waals surface area contributed by atoms with Gasteiger partial charge in [0.05, 0.1) is 17.3 Å². The second-order valence-electron chi connectivity index (χ2n) is 5.39. The fraction of sp³-hybridized carbons (Fsp3) is 0.312. The molecule has 3 rings (SSSR count). The molecule has 0 saturated carbocycles. The van der Waals surface area contributed by atoms with Crippen LogP contribution in [-0.2, 0) is 6.18 Å². The minimum absolute atomic E-state index is 0.307. The smallest absolute Gasteiger partial charge is 0.352 e. The predicted molar refractivity (Wildman–Crippen MR) is 81.6 cm³/mol. The van der Waals surface area contributed by atoms with Crippen molar-refractivity contribution >= 4 is 11.7 Å². The fourth-order valence-electron chi connectivity index (χ4n) is 2.68. The third-order valence-electron chi connectivity index (χ3n) is 3.90. The molecule has 1 aliphatic rings. The van der Waals surface area contributed by atoms with Crippen LogP contribution in [0.5, 0.6) is 0 Å². The Bertz CT molecular complexity index is 713. The third kappa shape index (κ3) is 3.32. The maximum atomic E-state index is 13.1. The lowest BCUT2D eigenvalue weighted by molar-refractivity contribution is -0.138. The van der Waals surface area contributed by atoms with E-state index in [0.29, 0.717) is 32.0 Å². The van der Waals surface area contributed by atoms with Gasteiger partial charge >= 0.3 is 6.18 Å². The molecule has 1 aliphatic heterocycles. The van der Waals surface area contributed by atoms with Crippen molar-refractivity contribution < 1.29 is 18.0 Å². The molecule has 0 unspecified atom stereocenters. The molecule has 2 heterocycles. The van der Waals surface area contributed by atoms with E-state index in [4.69, 9.17) is 0 Å². The first-order valence-corrected chi connectivity index (χ1v) is 7.43. The molecule has 1 fully saturated rings. The average molecular weight is 336 g/mol. The van der Waals surface area contributed by atoms with Crippen LogP contribution in [0.1, 0.15) is 15.9 Å². The highest BCUT2D eigenvalue weighted by Crippen LogP contribution is 2.32. The summed E-state index contributed by atoms with van der Waals surface area (Å²) >= 11 is 0. The molecule has 1 amide bonds. The Morgan fingerprint density at radius 1 is 1.04 bits per heavy atom. The van der Waals surface area contributed by atoms with Crippen molar-refractivity contribution in [3.8, 4) is 0 Å². The number of piperazine rings is 1. The number of alkyl halides is 3. The highest BCUT2D eigenvalue weighted by Gasteiger charge is 2.36. The number of halogens is 3. The number of nitrogens with zero attached hydrogens (tertiary/aromatic N) is 4. The van der Waals surface area contributed by atoms with Crippen LogP contribution in [0.4, 0.5) is 19.0 Å². The van der Waals surface area contributed by atoms with E-state index >= 15 is 0 Å². The molecule has 1 aromatic carbocycles. The SMILES string of the molecule is O=C(c1ccccc1C(F)(F)F)N1CCN(c2cnccn2)CC1. The van der Waals surface area contributed by atoms with E-state index in [1.165, 1.54) is 23.1 Å². The van der Waals surface area contributed by atoms with Crippen LogP contribution in [0.15, 0.2) is 42.9 Å². The molecule has 126 valence electrons. The van der Waals surface area contributed by atoms with E-state index in [0.717, 1.165) is 6.07 Å². The van der Waals surface area contributed by atoms with Gasteiger partial charge in [-0.2, -0.15) is 13.2 Å². The van der Waals surface area contributed by atoms with Gasteiger partial charge in [0.15, 0.2) is 0 Å². The first-order chi connectivity index (χ1) is 11.5. The summed E-state index contributed by atoms with van der Waals surface area (Å²) in [6.07, 6.45) is 0.216. The van der Waals surface area contributed by atoms with Crippen molar-refractivity contribution in [1.82, 2.24) is 14.9 Å². The predicted octanol–water partition coefficient (Wildman–Crippen LogP) is 2.46. The molecule has 0 N–H and O–H groups in total. The van der Waals surface area contributed by atoms with E-state index in [9.17, 15) is 18.0 Å². The summed E-state index contributed by atoms with van der Waals surface area (Å²) in [5.41, 5.74) is -1.20. The number of amides is 1. The van der Waals surface area contributed by atoms with Gasteiger partial charge in [0.25, 0.3) is 5.91 Å². The zero-order chi connectivity index (χ0) is 17.2. The van der Waals surface area contributed by atoms with Gasteiger partial charge in [0, 0.05) is 38.6 Å². The molecular formula is C16H15F3N4O. The maximum absolute atomic E-state index is 13.1. The summed E-state index contributed by atoms with van der Waals surface area (Å²) in [4.78, 5) is 24.1. The summed E-state index contributed by atoms with van der Waals surface area (Å²) in [7, 11) is 0. The zero-order valence-corrected chi connectivity index (χ0v) is 12.7. The Morgan fingerprint density at radius 3 is 2.38 bits per heavy atom. The molecule has 0 atom stereocenters. The Balaban J connectivity index is 1.72. The first-order valence-electron chi connectivity index (χ1n) is 7.43. The van der Waals surface area contributed by atoms with E-state index in [1.54, 1.807) is 18.6 Å². The Morgan fingerprint density at radius 2 is 1.75 bits per heavy atom. The van der Waals surface area contributed by atoms with Crippen molar-refractivity contribution in [2.45, 2.75) is 6.18 Å². The largest absolute Gasteiger partial charge is 0.417 e. The van der Waals surface area contributed by atoms with Crippen molar-refractivity contribution in [2.24, 2.45) is 0 Å². The van der Waals surface area contributed by atoms with Crippen LogP contribution < -0.4 is 4.90 Å². The van der Waals surface area contributed by atoms with Crippen LogP contribution in [0, 0.1) is 0 Å². The number of hydrogen-bond donors (Lipinski definition) is 0. The minimum atomic E-state index is -4.55. The molecule has 0 aliphatic carbocycles. The second kappa shape index (κ2) is 6.46. The summed E-state index contributed by atoms with van der Waals surface area (Å²) in [5, 5.41) is 0. The van der Waals surface area contributed by atoms with Crippen LogP contribution in [0.25, 0.3) is 0 Å². The number of aromatic nitrogens is 2. The van der Waals surface area contributed by atoms with Gasteiger partial charge in [-0.05, 0) is 12.1 Å². The lowest BCUT2D eigenvalue weighted by atomic mass is 10.1. The molecule has 8 heteroatoms. The zero-order valence-electron chi connectivity index (χ0n) is 12.7. The molecule has 0 bridgehead atoms. The van der Waals surface area contributed by atoms with Crippen LogP contribution in [0.2, 0.25) is 0 Å². The van der Waals surface area contributed by atoms with Crippen LogP contribution >= 0.6 is 0 Å². The average Bonchev–Trinajstić information content (AvgIpc) is 2.61. The maximum Gasteiger partial charge on any atom is 0.417 e. The number of hydrogen-bond acceptors (Lipinski definition) is 4. The Kier molecular flexibility index (Phi) is 4.37. The fourth-order valence-corrected chi connectivity index (χ4v) is 2.68. The molecule has 1 aromatic heterocycles. The van der Waals surface area contributed by atoms with E-state index in [1.807, 2.05) is 4.90 Å². The molecular weight excluding hydrogens is 321 g/mol. The molecule has 2 aromatic rings. The van der Waals surface area contributed by atoms with Gasteiger partial charge in [0.2, 0.25) is 0 Å². The number of benzene rings is 1. The highest BCUT2D eigenvalue weighted by molar-refractivity contribution is 5.96. The van der Waals surface area contributed by atoms with Gasteiger partial charge in [-0.25, -0.2) is 4.98 Å². The second-order valence-corrected chi connectivity index (χ2v) is 5.39. The van der Waals surface area contributed by atoms with Gasteiger partial charge < -0.3 is 9.80 Å². The first kappa shape index (κ1) is 16.2. The number of rotatable bonds is 2. The van der Waals surface area contributed by atoms with Crippen LogP contribution in [0.3, 0.4) is 0 Å². The minimum Gasteiger partial charge on any atom is -0.352 e. The third-order valence-corrected chi connectivity index (χ3v) is 3.90. The van der Waals surface area contributed by atoms with E-state index < -0.39 is 17.6 Å². The van der Waals surface area contributed by atoms with Gasteiger partial charge in [-0.1, -0.05) is 12.1 Å². The Labute approximate surface area is 136 Å². The topological polar surface area (TPSA) is 49.3 Å². The van der Waals surface area contributed by atoms with Gasteiger partial charge in [-0.3, -0.25) is 9.78 Å². The number of carbonyl (C=O) groups is 1. The van der Waals surface area contributed by atoms with Crippen molar-refractivity contribution in [2.75, 3.05) is 31.1 Å². The van der Waals surface area contributed by atoms with Gasteiger partial charge in [0.1, 0.15) is 5.82 Å². The monoisotopic (exact) mass is 336 g/mol. The number of carbonyl (C=O) groups excluding carboxylic acids is 1. The lowest BCUT2D eigenvalue weighted by Crippen LogP contribution is -2.49. The summed E-state index contributed by atoms with van der Waals surface area (Å²) in [5.74, 6) is 0.0991. The van der Waals surface area contributed by atoms with E-state index in [-0.39, 0.29) is 5.56 Å². The lowest BCUT2D eigenvalue weighted by Gasteiger charge is -2.35. The van der Waals surface area contributed by atoms with Crippen molar-refractivity contribution in [3.05, 3.63) is 54.0 Å². The highest BCUT2D eigenvalue weighted by atomic mass is 19.4.